The average molecular weight is 416 g/mol. The molecule has 0 unspecified atom stereocenters. The van der Waals surface area contributed by atoms with Gasteiger partial charge in [-0.2, -0.15) is 4.31 Å². The van der Waals surface area contributed by atoms with Crippen LogP contribution < -0.4 is 10.2 Å². The normalized spacial score (nSPS) is 15.1. The highest BCUT2D eigenvalue weighted by Gasteiger charge is 2.27. The lowest BCUT2D eigenvalue weighted by Gasteiger charge is -2.26. The highest BCUT2D eigenvalue weighted by atomic mass is 32.2. The van der Waals surface area contributed by atoms with E-state index in [1.165, 1.54) is 10.4 Å². The number of anilines is 1. The van der Waals surface area contributed by atoms with Crippen LogP contribution in [0, 0.1) is 6.92 Å². The van der Waals surface area contributed by atoms with Gasteiger partial charge in [-0.3, -0.25) is 4.79 Å². The first-order chi connectivity index (χ1) is 13.8. The van der Waals surface area contributed by atoms with Gasteiger partial charge in [0.2, 0.25) is 10.0 Å². The molecule has 1 N–H and O–H groups in total. The van der Waals surface area contributed by atoms with Gasteiger partial charge in [0.15, 0.2) is 0 Å². The zero-order chi connectivity index (χ0) is 21.0. The fourth-order valence-corrected chi connectivity index (χ4v) is 5.03. The summed E-state index contributed by atoms with van der Waals surface area (Å²) in [6.07, 6.45) is 2.82. The third-order valence-corrected chi connectivity index (χ3v) is 7.18. The van der Waals surface area contributed by atoms with Crippen LogP contribution in [0.4, 0.5) is 5.69 Å². The Bertz CT molecular complexity index is 981. The summed E-state index contributed by atoms with van der Waals surface area (Å²) in [7, 11) is 0.366. The van der Waals surface area contributed by atoms with Gasteiger partial charge >= 0.3 is 0 Å². The van der Waals surface area contributed by atoms with Gasteiger partial charge < -0.3 is 10.2 Å². The molecule has 29 heavy (non-hydrogen) atoms. The first kappa shape index (κ1) is 21.3. The number of hydrogen-bond acceptors (Lipinski definition) is 4. The molecule has 3 rings (SSSR count). The molecule has 6 nitrogen and oxygen atoms in total. The SMILES string of the molecule is Cc1ccc(S(=O)(=O)N2CCCCC2)cc1C(=O)NCc1cccc(N(C)C)c1. The fraction of sp³-hybridized carbons (Fsp3) is 0.409. The summed E-state index contributed by atoms with van der Waals surface area (Å²) in [5.41, 5.74) is 3.19. The zero-order valence-corrected chi connectivity index (χ0v) is 18.1. The van der Waals surface area contributed by atoms with Gasteiger partial charge in [0.25, 0.3) is 5.91 Å². The summed E-state index contributed by atoms with van der Waals surface area (Å²) in [4.78, 5) is 15.0. The quantitative estimate of drug-likeness (QED) is 0.787. The minimum absolute atomic E-state index is 0.185. The predicted octanol–water partition coefficient (Wildman–Crippen LogP) is 3.17. The molecule has 0 bridgehead atoms. The number of sulfonamides is 1. The van der Waals surface area contributed by atoms with Crippen LogP contribution in [0.5, 0.6) is 0 Å². The number of carbonyl (C=O) groups excluding carboxylic acids is 1. The number of benzene rings is 2. The van der Waals surface area contributed by atoms with Crippen molar-refractivity contribution in [3.8, 4) is 0 Å². The minimum Gasteiger partial charge on any atom is -0.378 e. The molecule has 0 spiro atoms. The Morgan fingerprint density at radius 2 is 1.79 bits per heavy atom. The molecular formula is C22H29N3O3S. The van der Waals surface area contributed by atoms with Crippen LogP contribution in [0.1, 0.15) is 40.7 Å². The molecule has 7 heteroatoms. The molecule has 2 aromatic carbocycles. The van der Waals surface area contributed by atoms with Crippen molar-refractivity contribution in [1.82, 2.24) is 9.62 Å². The maximum atomic E-state index is 12.9. The summed E-state index contributed by atoms with van der Waals surface area (Å²) in [5.74, 6) is -0.270. The highest BCUT2D eigenvalue weighted by Crippen LogP contribution is 2.23. The standard InChI is InChI=1S/C22H29N3O3S/c1-17-10-11-20(29(27,28)25-12-5-4-6-13-25)15-21(17)22(26)23-16-18-8-7-9-19(14-18)24(2)3/h7-11,14-15H,4-6,12-13,16H2,1-3H3,(H,23,26). The molecule has 0 saturated carbocycles. The number of rotatable bonds is 6. The van der Waals surface area contributed by atoms with Crippen molar-refractivity contribution in [2.45, 2.75) is 37.6 Å². The lowest BCUT2D eigenvalue weighted by atomic mass is 10.1. The van der Waals surface area contributed by atoms with Gasteiger partial charge in [-0.15, -0.1) is 0 Å². The molecule has 1 amide bonds. The molecule has 156 valence electrons. The largest absolute Gasteiger partial charge is 0.378 e. The molecule has 1 saturated heterocycles. The second-order valence-corrected chi connectivity index (χ2v) is 9.63. The van der Waals surface area contributed by atoms with Crippen LogP contribution in [-0.2, 0) is 16.6 Å². The second-order valence-electron chi connectivity index (χ2n) is 7.69. The lowest BCUT2D eigenvalue weighted by Crippen LogP contribution is -2.35. The van der Waals surface area contributed by atoms with E-state index < -0.39 is 10.0 Å². The van der Waals surface area contributed by atoms with Gasteiger partial charge in [0, 0.05) is 45.0 Å². The number of piperidine rings is 1. The van der Waals surface area contributed by atoms with E-state index in [1.54, 1.807) is 12.1 Å². The van der Waals surface area contributed by atoms with Crippen LogP contribution in [0.2, 0.25) is 0 Å². The van der Waals surface area contributed by atoms with Crippen LogP contribution in [0.3, 0.4) is 0 Å². The Balaban J connectivity index is 1.77. The number of nitrogens with zero attached hydrogens (tertiary/aromatic N) is 2. The fourth-order valence-electron chi connectivity index (χ4n) is 3.48. The van der Waals surface area contributed by atoms with E-state index in [1.807, 2.05) is 50.2 Å². The number of nitrogens with one attached hydrogen (secondary N) is 1. The van der Waals surface area contributed by atoms with E-state index in [2.05, 4.69) is 5.32 Å². The van der Waals surface area contributed by atoms with Crippen molar-refractivity contribution in [1.29, 1.82) is 0 Å². The molecule has 1 aliphatic heterocycles. The molecule has 0 radical (unpaired) electrons. The summed E-state index contributed by atoms with van der Waals surface area (Å²) in [5, 5.41) is 2.91. The molecule has 0 atom stereocenters. The van der Waals surface area contributed by atoms with Crippen molar-refractivity contribution < 1.29 is 13.2 Å². The van der Waals surface area contributed by atoms with E-state index in [0.717, 1.165) is 36.1 Å². The average Bonchev–Trinajstić information content (AvgIpc) is 2.73. The van der Waals surface area contributed by atoms with Crippen molar-refractivity contribution in [2.24, 2.45) is 0 Å². The van der Waals surface area contributed by atoms with E-state index in [-0.39, 0.29) is 10.8 Å². The molecule has 1 fully saturated rings. The first-order valence-corrected chi connectivity index (χ1v) is 11.4. The Morgan fingerprint density at radius 3 is 2.48 bits per heavy atom. The molecule has 0 aliphatic carbocycles. The molecule has 2 aromatic rings. The summed E-state index contributed by atoms with van der Waals surface area (Å²) < 4.78 is 27.4. The first-order valence-electron chi connectivity index (χ1n) is 9.94. The second kappa shape index (κ2) is 8.97. The minimum atomic E-state index is -3.57. The van der Waals surface area contributed by atoms with Crippen LogP contribution in [0.15, 0.2) is 47.4 Å². The summed E-state index contributed by atoms with van der Waals surface area (Å²) in [6.45, 7) is 3.28. The molecule has 0 aromatic heterocycles. The van der Waals surface area contributed by atoms with Gasteiger partial charge in [0.05, 0.1) is 4.90 Å². The number of hydrogen-bond donors (Lipinski definition) is 1. The maximum Gasteiger partial charge on any atom is 0.251 e. The highest BCUT2D eigenvalue weighted by molar-refractivity contribution is 7.89. The van der Waals surface area contributed by atoms with Gasteiger partial charge in [-0.1, -0.05) is 24.6 Å². The Morgan fingerprint density at radius 1 is 1.07 bits per heavy atom. The van der Waals surface area contributed by atoms with Crippen LogP contribution in [-0.4, -0.2) is 45.8 Å². The number of amides is 1. The van der Waals surface area contributed by atoms with Crippen molar-refractivity contribution in [3.05, 3.63) is 59.2 Å². The lowest BCUT2D eigenvalue weighted by molar-refractivity contribution is 0.0950. The Kier molecular flexibility index (Phi) is 6.59. The predicted molar refractivity (Wildman–Crippen MR) is 116 cm³/mol. The maximum absolute atomic E-state index is 12.9. The van der Waals surface area contributed by atoms with E-state index in [9.17, 15) is 13.2 Å². The van der Waals surface area contributed by atoms with Crippen LogP contribution >= 0.6 is 0 Å². The van der Waals surface area contributed by atoms with Crippen molar-refractivity contribution in [2.75, 3.05) is 32.1 Å². The van der Waals surface area contributed by atoms with Crippen LogP contribution in [0.25, 0.3) is 0 Å². The topological polar surface area (TPSA) is 69.7 Å². The molecule has 1 aliphatic rings. The third-order valence-electron chi connectivity index (χ3n) is 5.29. The number of carbonyl (C=O) groups is 1. The third kappa shape index (κ3) is 4.97. The van der Waals surface area contributed by atoms with E-state index >= 15 is 0 Å². The summed E-state index contributed by atoms with van der Waals surface area (Å²) >= 11 is 0. The van der Waals surface area contributed by atoms with Crippen molar-refractivity contribution in [3.63, 3.8) is 0 Å². The summed E-state index contributed by atoms with van der Waals surface area (Å²) in [6, 6.07) is 12.7. The number of aryl methyl sites for hydroxylation is 1. The molecule has 1 heterocycles. The molecular weight excluding hydrogens is 386 g/mol. The zero-order valence-electron chi connectivity index (χ0n) is 17.3. The smallest absolute Gasteiger partial charge is 0.251 e. The Labute approximate surface area is 173 Å². The monoisotopic (exact) mass is 415 g/mol. The van der Waals surface area contributed by atoms with Gasteiger partial charge in [0.1, 0.15) is 0 Å². The Hall–Kier alpha value is -2.38. The van der Waals surface area contributed by atoms with Crippen molar-refractivity contribution >= 4 is 21.6 Å². The van der Waals surface area contributed by atoms with Gasteiger partial charge in [-0.25, -0.2) is 8.42 Å². The van der Waals surface area contributed by atoms with E-state index in [4.69, 9.17) is 0 Å². The van der Waals surface area contributed by atoms with Gasteiger partial charge in [-0.05, 0) is 55.2 Å². The van der Waals surface area contributed by atoms with E-state index in [0.29, 0.717) is 25.2 Å².